The van der Waals surface area contributed by atoms with E-state index in [0.717, 1.165) is 23.3 Å². The van der Waals surface area contributed by atoms with Gasteiger partial charge in [-0.25, -0.2) is 4.79 Å². The highest BCUT2D eigenvalue weighted by Crippen LogP contribution is 2.33. The Labute approximate surface area is 129 Å². The predicted molar refractivity (Wildman–Crippen MR) is 75.1 cm³/mol. The molecule has 0 spiro atoms. The lowest BCUT2D eigenvalue weighted by atomic mass is 9.88. The summed E-state index contributed by atoms with van der Waals surface area (Å²) >= 11 is 1.40. The Kier molecular flexibility index (Phi) is 4.79. The minimum atomic E-state index is -4.65. The number of nitrogens with one attached hydrogen (secondary N) is 1. The Morgan fingerprint density at radius 2 is 2.18 bits per heavy atom. The summed E-state index contributed by atoms with van der Waals surface area (Å²) in [6, 6.07) is -1.97. The summed E-state index contributed by atoms with van der Waals surface area (Å²) in [5.74, 6) is -1.92. The largest absolute Gasteiger partial charge is 0.480 e. The third-order valence-electron chi connectivity index (χ3n) is 3.69. The Morgan fingerprint density at radius 3 is 2.77 bits per heavy atom. The molecular formula is C14H16F3NO3S. The smallest absolute Gasteiger partial charge is 0.391 e. The number of hydrogen-bond acceptors (Lipinski definition) is 3. The maximum Gasteiger partial charge on any atom is 0.391 e. The van der Waals surface area contributed by atoms with Crippen molar-refractivity contribution in [3.8, 4) is 0 Å². The van der Waals surface area contributed by atoms with Crippen molar-refractivity contribution in [1.82, 2.24) is 5.32 Å². The number of amides is 1. The lowest BCUT2D eigenvalue weighted by molar-refractivity contribution is -0.157. The first-order chi connectivity index (χ1) is 10.2. The van der Waals surface area contributed by atoms with Gasteiger partial charge in [0.15, 0.2) is 0 Å². The number of carbonyl (C=O) groups excluding carboxylic acids is 1. The van der Waals surface area contributed by atoms with E-state index in [1.54, 1.807) is 5.38 Å². The number of aliphatic carboxylic acids is 1. The van der Waals surface area contributed by atoms with Crippen LogP contribution in [0.1, 0.15) is 40.6 Å². The van der Waals surface area contributed by atoms with Crippen LogP contribution in [0.5, 0.6) is 0 Å². The number of rotatable bonds is 4. The molecule has 4 nitrogen and oxygen atoms in total. The highest BCUT2D eigenvalue weighted by Gasteiger charge is 2.37. The Hall–Kier alpha value is -1.57. The van der Waals surface area contributed by atoms with Gasteiger partial charge >= 0.3 is 12.1 Å². The van der Waals surface area contributed by atoms with Crippen LogP contribution >= 0.6 is 11.3 Å². The van der Waals surface area contributed by atoms with Crippen molar-refractivity contribution in [3.05, 3.63) is 21.4 Å². The third kappa shape index (κ3) is 4.00. The monoisotopic (exact) mass is 335 g/mol. The van der Waals surface area contributed by atoms with E-state index in [2.05, 4.69) is 6.92 Å². The van der Waals surface area contributed by atoms with Crippen LogP contribution in [0.25, 0.3) is 0 Å². The fraction of sp³-hybridized carbons (Fsp3) is 0.571. The fourth-order valence-electron chi connectivity index (χ4n) is 2.54. The van der Waals surface area contributed by atoms with E-state index in [4.69, 9.17) is 5.11 Å². The first-order valence-electron chi connectivity index (χ1n) is 6.87. The van der Waals surface area contributed by atoms with Crippen LogP contribution in [0.2, 0.25) is 0 Å². The molecule has 0 saturated heterocycles. The number of alkyl halides is 3. The number of thiophene rings is 1. The molecule has 0 radical (unpaired) electrons. The molecule has 1 heterocycles. The van der Waals surface area contributed by atoms with Gasteiger partial charge in [-0.05, 0) is 30.7 Å². The molecule has 0 bridgehead atoms. The van der Waals surface area contributed by atoms with Crippen LogP contribution in [0.3, 0.4) is 0 Å². The molecule has 122 valence electrons. The zero-order chi connectivity index (χ0) is 16.5. The lowest BCUT2D eigenvalue weighted by Crippen LogP contribution is -2.43. The first kappa shape index (κ1) is 16.8. The van der Waals surface area contributed by atoms with Crippen molar-refractivity contribution < 1.29 is 27.9 Å². The standard InChI is InChI=1S/C14H16F3NO3S/c1-7-2-3-8-9(6-22-11(8)4-7)12(19)18-10(13(20)21)5-14(15,16)17/h6-7,10H,2-5H2,1H3,(H,18,19)(H,20,21). The Morgan fingerprint density at radius 1 is 1.50 bits per heavy atom. The molecular weight excluding hydrogens is 319 g/mol. The zero-order valence-electron chi connectivity index (χ0n) is 11.9. The molecule has 1 aliphatic rings. The van der Waals surface area contributed by atoms with Crippen LogP contribution in [0.4, 0.5) is 13.2 Å². The topological polar surface area (TPSA) is 66.4 Å². The van der Waals surface area contributed by atoms with Gasteiger partial charge in [-0.15, -0.1) is 11.3 Å². The van der Waals surface area contributed by atoms with Gasteiger partial charge in [-0.1, -0.05) is 6.92 Å². The Bertz CT molecular complexity index is 582. The van der Waals surface area contributed by atoms with Crippen LogP contribution in [0, 0.1) is 5.92 Å². The van der Waals surface area contributed by atoms with Gasteiger partial charge in [0.1, 0.15) is 6.04 Å². The summed E-state index contributed by atoms with van der Waals surface area (Å²) < 4.78 is 37.1. The zero-order valence-corrected chi connectivity index (χ0v) is 12.7. The molecule has 0 fully saturated rings. The maximum absolute atomic E-state index is 12.4. The third-order valence-corrected chi connectivity index (χ3v) is 4.74. The number of hydrogen-bond donors (Lipinski definition) is 2. The number of carbonyl (C=O) groups is 2. The normalized spacial score (nSPS) is 19.4. The van der Waals surface area contributed by atoms with Crippen LogP contribution in [0.15, 0.2) is 5.38 Å². The molecule has 1 aromatic heterocycles. The highest BCUT2D eigenvalue weighted by molar-refractivity contribution is 7.10. The number of fused-ring (bicyclic) bond motifs is 1. The number of carboxylic acids is 1. The summed E-state index contributed by atoms with van der Waals surface area (Å²) in [5, 5.41) is 12.4. The summed E-state index contributed by atoms with van der Waals surface area (Å²) in [7, 11) is 0. The summed E-state index contributed by atoms with van der Waals surface area (Å²) in [6.07, 6.45) is -3.79. The van der Waals surface area contributed by atoms with Gasteiger partial charge in [0, 0.05) is 10.3 Å². The van der Waals surface area contributed by atoms with E-state index in [1.165, 1.54) is 11.3 Å². The minimum Gasteiger partial charge on any atom is -0.480 e. The number of halogens is 3. The molecule has 1 aliphatic carbocycles. The maximum atomic E-state index is 12.4. The van der Waals surface area contributed by atoms with Crippen molar-refractivity contribution >= 4 is 23.2 Å². The molecule has 2 atom stereocenters. The highest BCUT2D eigenvalue weighted by atomic mass is 32.1. The molecule has 8 heteroatoms. The fourth-order valence-corrected chi connectivity index (χ4v) is 3.78. The second kappa shape index (κ2) is 6.28. The summed E-state index contributed by atoms with van der Waals surface area (Å²) in [4.78, 5) is 24.1. The quantitative estimate of drug-likeness (QED) is 0.889. The van der Waals surface area contributed by atoms with Crippen LogP contribution < -0.4 is 5.32 Å². The SMILES string of the molecule is CC1CCc2c(C(=O)NC(CC(F)(F)F)C(=O)O)csc2C1. The van der Waals surface area contributed by atoms with E-state index in [1.807, 2.05) is 5.32 Å². The molecule has 2 N–H and O–H groups in total. The van der Waals surface area contributed by atoms with Gasteiger partial charge in [0.05, 0.1) is 12.0 Å². The van der Waals surface area contributed by atoms with Crippen molar-refractivity contribution in [2.24, 2.45) is 5.92 Å². The first-order valence-corrected chi connectivity index (χ1v) is 7.75. The Balaban J connectivity index is 2.13. The molecule has 2 unspecified atom stereocenters. The molecule has 0 aromatic carbocycles. The van der Waals surface area contributed by atoms with Gasteiger partial charge in [-0.2, -0.15) is 13.2 Å². The van der Waals surface area contributed by atoms with Crippen LogP contribution in [-0.2, 0) is 17.6 Å². The van der Waals surface area contributed by atoms with Crippen LogP contribution in [-0.4, -0.2) is 29.2 Å². The van der Waals surface area contributed by atoms with Crippen molar-refractivity contribution in [1.29, 1.82) is 0 Å². The van der Waals surface area contributed by atoms with Gasteiger partial charge in [0.25, 0.3) is 5.91 Å². The van der Waals surface area contributed by atoms with E-state index < -0.39 is 30.5 Å². The average molecular weight is 335 g/mol. The molecule has 22 heavy (non-hydrogen) atoms. The second-order valence-corrected chi connectivity index (χ2v) is 6.55. The molecule has 2 rings (SSSR count). The van der Waals surface area contributed by atoms with E-state index in [0.29, 0.717) is 17.9 Å². The van der Waals surface area contributed by atoms with Crippen molar-refractivity contribution in [2.75, 3.05) is 0 Å². The average Bonchev–Trinajstić information content (AvgIpc) is 2.78. The minimum absolute atomic E-state index is 0.306. The predicted octanol–water partition coefficient (Wildman–Crippen LogP) is 3.01. The molecule has 1 aromatic rings. The van der Waals surface area contributed by atoms with Gasteiger partial charge < -0.3 is 10.4 Å². The second-order valence-electron chi connectivity index (χ2n) is 5.58. The lowest BCUT2D eigenvalue weighted by Gasteiger charge is -2.20. The van der Waals surface area contributed by atoms with Crippen molar-refractivity contribution in [3.63, 3.8) is 0 Å². The molecule has 1 amide bonds. The van der Waals surface area contributed by atoms with E-state index in [-0.39, 0.29) is 0 Å². The number of carboxylic acid groups (broad SMARTS) is 1. The van der Waals surface area contributed by atoms with Crippen molar-refractivity contribution in [2.45, 2.75) is 44.8 Å². The molecule has 0 aliphatic heterocycles. The molecule has 0 saturated carbocycles. The van der Waals surface area contributed by atoms with E-state index >= 15 is 0 Å². The summed E-state index contributed by atoms with van der Waals surface area (Å²) in [6.45, 7) is 2.10. The van der Waals surface area contributed by atoms with Gasteiger partial charge in [-0.3, -0.25) is 4.79 Å². The summed E-state index contributed by atoms with van der Waals surface area (Å²) in [5.41, 5.74) is 1.15. The van der Waals surface area contributed by atoms with Gasteiger partial charge in [0.2, 0.25) is 0 Å². The van der Waals surface area contributed by atoms with E-state index in [9.17, 15) is 22.8 Å².